The molecule has 0 saturated carbocycles. The van der Waals surface area contributed by atoms with Crippen LogP contribution in [0.1, 0.15) is 52.4 Å². The second-order valence-electron chi connectivity index (χ2n) is 6.04. The van der Waals surface area contributed by atoms with E-state index < -0.39 is 0 Å². The molecule has 2 fully saturated rings. The molecular weight excluding hydrogens is 240 g/mol. The Balaban J connectivity index is 1.95. The zero-order valence-corrected chi connectivity index (χ0v) is 13.1. The summed E-state index contributed by atoms with van der Waals surface area (Å²) in [6, 6.07) is 3.29. The van der Waals surface area contributed by atoms with Gasteiger partial charge < -0.3 is 5.32 Å². The SMILES string of the molecule is CCNC1CC2CCCC(C1)N2C(C)CCSC. The van der Waals surface area contributed by atoms with E-state index in [0.717, 1.165) is 30.7 Å². The number of rotatable bonds is 6. The van der Waals surface area contributed by atoms with Crippen molar-refractivity contribution in [2.45, 2.75) is 76.5 Å². The lowest BCUT2D eigenvalue weighted by Gasteiger charge is -2.52. The lowest BCUT2D eigenvalue weighted by molar-refractivity contribution is -0.00573. The average molecular weight is 270 g/mol. The number of hydrogen-bond donors (Lipinski definition) is 1. The maximum Gasteiger partial charge on any atom is 0.0116 e. The van der Waals surface area contributed by atoms with Crippen LogP contribution in [0.15, 0.2) is 0 Å². The molecule has 18 heavy (non-hydrogen) atoms. The largest absolute Gasteiger partial charge is 0.314 e. The van der Waals surface area contributed by atoms with Gasteiger partial charge in [0.25, 0.3) is 0 Å². The van der Waals surface area contributed by atoms with Crippen molar-refractivity contribution in [3.05, 3.63) is 0 Å². The molecule has 2 heterocycles. The topological polar surface area (TPSA) is 15.3 Å². The Morgan fingerprint density at radius 1 is 1.28 bits per heavy atom. The normalized spacial score (nSPS) is 34.5. The second kappa shape index (κ2) is 7.16. The molecule has 0 radical (unpaired) electrons. The van der Waals surface area contributed by atoms with Crippen molar-refractivity contribution in [2.24, 2.45) is 0 Å². The van der Waals surface area contributed by atoms with Crippen LogP contribution in [0, 0.1) is 0 Å². The van der Waals surface area contributed by atoms with Gasteiger partial charge in [0.15, 0.2) is 0 Å². The quantitative estimate of drug-likeness (QED) is 0.798. The first kappa shape index (κ1) is 14.7. The van der Waals surface area contributed by atoms with Gasteiger partial charge in [0.05, 0.1) is 0 Å². The minimum absolute atomic E-state index is 0.786. The zero-order valence-electron chi connectivity index (χ0n) is 12.3. The highest BCUT2D eigenvalue weighted by atomic mass is 32.2. The molecule has 0 aliphatic carbocycles. The number of nitrogens with one attached hydrogen (secondary N) is 1. The molecule has 0 spiro atoms. The van der Waals surface area contributed by atoms with Gasteiger partial charge >= 0.3 is 0 Å². The van der Waals surface area contributed by atoms with Gasteiger partial charge in [0.1, 0.15) is 0 Å². The van der Waals surface area contributed by atoms with Crippen molar-refractivity contribution in [2.75, 3.05) is 18.6 Å². The van der Waals surface area contributed by atoms with E-state index in [2.05, 4.69) is 30.3 Å². The molecule has 2 saturated heterocycles. The van der Waals surface area contributed by atoms with Crippen LogP contribution in [-0.4, -0.2) is 47.6 Å². The molecule has 0 amide bonds. The Kier molecular flexibility index (Phi) is 5.84. The molecule has 3 atom stereocenters. The molecule has 3 unspecified atom stereocenters. The summed E-state index contributed by atoms with van der Waals surface area (Å²) in [6.07, 6.45) is 10.7. The van der Waals surface area contributed by atoms with Crippen LogP contribution in [-0.2, 0) is 0 Å². The third-order valence-corrected chi connectivity index (χ3v) is 5.42. The smallest absolute Gasteiger partial charge is 0.0116 e. The fourth-order valence-corrected chi connectivity index (χ4v) is 4.61. The number of thioether (sulfide) groups is 1. The van der Waals surface area contributed by atoms with Crippen LogP contribution in [0.4, 0.5) is 0 Å². The second-order valence-corrected chi connectivity index (χ2v) is 7.03. The highest BCUT2D eigenvalue weighted by Crippen LogP contribution is 2.36. The van der Waals surface area contributed by atoms with Gasteiger partial charge in [-0.1, -0.05) is 13.3 Å². The predicted octanol–water partition coefficient (Wildman–Crippen LogP) is 3.12. The molecule has 3 heteroatoms. The monoisotopic (exact) mass is 270 g/mol. The fourth-order valence-electron chi connectivity index (χ4n) is 4.03. The summed E-state index contributed by atoms with van der Waals surface area (Å²) in [6.45, 7) is 5.82. The Labute approximate surface area is 117 Å². The highest BCUT2D eigenvalue weighted by Gasteiger charge is 2.39. The highest BCUT2D eigenvalue weighted by molar-refractivity contribution is 7.98. The molecule has 2 bridgehead atoms. The van der Waals surface area contributed by atoms with Gasteiger partial charge in [0.2, 0.25) is 0 Å². The van der Waals surface area contributed by atoms with Crippen LogP contribution in [0.5, 0.6) is 0 Å². The third-order valence-electron chi connectivity index (χ3n) is 4.77. The standard InChI is InChI=1S/C15H30N2S/c1-4-16-13-10-14-6-5-7-15(11-13)17(14)12(2)8-9-18-3/h12-16H,4-11H2,1-3H3. The van der Waals surface area contributed by atoms with Crippen LogP contribution < -0.4 is 5.32 Å². The van der Waals surface area contributed by atoms with Crippen LogP contribution >= 0.6 is 11.8 Å². The summed E-state index contributed by atoms with van der Waals surface area (Å²) < 4.78 is 0. The minimum Gasteiger partial charge on any atom is -0.314 e. The van der Waals surface area contributed by atoms with Crippen LogP contribution in [0.2, 0.25) is 0 Å². The number of fused-ring (bicyclic) bond motifs is 2. The van der Waals surface area contributed by atoms with Crippen molar-refractivity contribution in [1.82, 2.24) is 10.2 Å². The maximum absolute atomic E-state index is 3.68. The summed E-state index contributed by atoms with van der Waals surface area (Å²) in [7, 11) is 0. The Morgan fingerprint density at radius 2 is 1.94 bits per heavy atom. The van der Waals surface area contributed by atoms with E-state index in [1.807, 2.05) is 11.8 Å². The number of piperidine rings is 2. The number of nitrogens with zero attached hydrogens (tertiary/aromatic N) is 1. The van der Waals surface area contributed by atoms with Gasteiger partial charge in [-0.25, -0.2) is 0 Å². The summed E-state index contributed by atoms with van der Waals surface area (Å²) in [4.78, 5) is 2.88. The molecule has 2 rings (SSSR count). The van der Waals surface area contributed by atoms with Crippen molar-refractivity contribution < 1.29 is 0 Å². The molecule has 2 nitrogen and oxygen atoms in total. The first-order chi connectivity index (χ1) is 8.76. The lowest BCUT2D eigenvalue weighted by atomic mass is 9.80. The van der Waals surface area contributed by atoms with Gasteiger partial charge in [-0.3, -0.25) is 4.90 Å². The summed E-state index contributed by atoms with van der Waals surface area (Å²) in [5, 5.41) is 3.68. The van der Waals surface area contributed by atoms with E-state index in [1.165, 1.54) is 44.3 Å². The van der Waals surface area contributed by atoms with Crippen molar-refractivity contribution in [3.8, 4) is 0 Å². The van der Waals surface area contributed by atoms with Gasteiger partial charge in [-0.2, -0.15) is 11.8 Å². The molecule has 0 aromatic rings. The van der Waals surface area contributed by atoms with Gasteiger partial charge in [-0.05, 0) is 57.6 Å². The maximum atomic E-state index is 3.68. The van der Waals surface area contributed by atoms with E-state index in [4.69, 9.17) is 0 Å². The zero-order chi connectivity index (χ0) is 13.0. The first-order valence-electron chi connectivity index (χ1n) is 7.76. The van der Waals surface area contributed by atoms with Crippen molar-refractivity contribution in [1.29, 1.82) is 0 Å². The van der Waals surface area contributed by atoms with Crippen molar-refractivity contribution >= 4 is 11.8 Å². The first-order valence-corrected chi connectivity index (χ1v) is 9.15. The molecule has 0 aromatic heterocycles. The van der Waals surface area contributed by atoms with Crippen molar-refractivity contribution in [3.63, 3.8) is 0 Å². The Hall–Kier alpha value is 0.270. The third kappa shape index (κ3) is 3.43. The van der Waals surface area contributed by atoms with E-state index in [-0.39, 0.29) is 0 Å². The summed E-state index contributed by atoms with van der Waals surface area (Å²) in [5.41, 5.74) is 0. The molecule has 2 aliphatic heterocycles. The minimum atomic E-state index is 0.786. The van der Waals surface area contributed by atoms with Gasteiger partial charge in [-0.15, -0.1) is 0 Å². The Bertz CT molecular complexity index is 233. The summed E-state index contributed by atoms with van der Waals surface area (Å²) >= 11 is 1.99. The average Bonchev–Trinajstić information content (AvgIpc) is 2.35. The van der Waals surface area contributed by atoms with E-state index in [0.29, 0.717) is 0 Å². The van der Waals surface area contributed by atoms with E-state index >= 15 is 0 Å². The molecule has 106 valence electrons. The molecule has 2 aliphatic rings. The Morgan fingerprint density at radius 3 is 2.50 bits per heavy atom. The van der Waals surface area contributed by atoms with Crippen LogP contribution in [0.25, 0.3) is 0 Å². The predicted molar refractivity (Wildman–Crippen MR) is 82.4 cm³/mol. The molecule has 0 aromatic carbocycles. The van der Waals surface area contributed by atoms with E-state index in [1.54, 1.807) is 0 Å². The van der Waals surface area contributed by atoms with Gasteiger partial charge in [0, 0.05) is 24.2 Å². The van der Waals surface area contributed by atoms with Crippen LogP contribution in [0.3, 0.4) is 0 Å². The fraction of sp³-hybridized carbons (Fsp3) is 1.00. The number of hydrogen-bond acceptors (Lipinski definition) is 3. The molecule has 1 N–H and O–H groups in total. The lowest BCUT2D eigenvalue weighted by Crippen LogP contribution is -2.59. The van der Waals surface area contributed by atoms with E-state index in [9.17, 15) is 0 Å². The summed E-state index contributed by atoms with van der Waals surface area (Å²) in [5.74, 6) is 1.31. The molecular formula is C15H30N2S.